The molecular formula is C12H16ClN3. The van der Waals surface area contributed by atoms with Crippen LogP contribution in [0.15, 0.2) is 18.2 Å². The molecule has 0 spiro atoms. The molecule has 0 amide bonds. The quantitative estimate of drug-likeness (QED) is 0.886. The van der Waals surface area contributed by atoms with Crippen molar-refractivity contribution in [2.75, 3.05) is 7.05 Å². The van der Waals surface area contributed by atoms with Gasteiger partial charge in [0.05, 0.1) is 22.6 Å². The second-order valence-corrected chi connectivity index (χ2v) is 4.22. The molecule has 0 unspecified atom stereocenters. The minimum atomic E-state index is 0.769. The van der Waals surface area contributed by atoms with Gasteiger partial charge in [0, 0.05) is 6.54 Å². The van der Waals surface area contributed by atoms with Crippen LogP contribution in [0.1, 0.15) is 19.2 Å². The van der Waals surface area contributed by atoms with E-state index in [4.69, 9.17) is 11.6 Å². The zero-order chi connectivity index (χ0) is 11.5. The molecular weight excluding hydrogens is 222 g/mol. The van der Waals surface area contributed by atoms with Crippen LogP contribution in [0, 0.1) is 0 Å². The molecule has 0 atom stereocenters. The summed E-state index contributed by atoms with van der Waals surface area (Å²) in [6.07, 6.45) is 1.08. The van der Waals surface area contributed by atoms with Crippen LogP contribution in [0.2, 0.25) is 5.02 Å². The number of nitrogens with zero attached hydrogens (tertiary/aromatic N) is 2. The number of rotatable bonds is 4. The molecule has 0 aliphatic rings. The number of aryl methyl sites for hydroxylation is 1. The summed E-state index contributed by atoms with van der Waals surface area (Å²) in [5, 5.41) is 3.92. The average Bonchev–Trinajstić information content (AvgIpc) is 2.59. The zero-order valence-corrected chi connectivity index (χ0v) is 10.4. The van der Waals surface area contributed by atoms with Crippen LogP contribution in [-0.2, 0) is 13.1 Å². The van der Waals surface area contributed by atoms with Gasteiger partial charge >= 0.3 is 0 Å². The smallest absolute Gasteiger partial charge is 0.123 e. The van der Waals surface area contributed by atoms with Crippen LogP contribution in [0.25, 0.3) is 11.0 Å². The Labute approximate surface area is 100 Å². The van der Waals surface area contributed by atoms with Gasteiger partial charge in [0.1, 0.15) is 5.82 Å². The van der Waals surface area contributed by atoms with Crippen LogP contribution in [0.3, 0.4) is 0 Å². The number of hydrogen-bond donors (Lipinski definition) is 1. The zero-order valence-electron chi connectivity index (χ0n) is 9.63. The number of para-hydroxylation sites is 1. The number of hydrogen-bond acceptors (Lipinski definition) is 2. The molecule has 2 rings (SSSR count). The van der Waals surface area contributed by atoms with E-state index >= 15 is 0 Å². The van der Waals surface area contributed by atoms with Crippen LogP contribution in [0.4, 0.5) is 0 Å². The van der Waals surface area contributed by atoms with Crippen LogP contribution in [0.5, 0.6) is 0 Å². The molecule has 1 aromatic heterocycles. The number of fused-ring (bicyclic) bond motifs is 1. The fourth-order valence-corrected chi connectivity index (χ4v) is 2.22. The lowest BCUT2D eigenvalue weighted by molar-refractivity contribution is 0.629. The second-order valence-electron chi connectivity index (χ2n) is 3.82. The molecule has 0 aliphatic heterocycles. The topological polar surface area (TPSA) is 29.9 Å². The minimum Gasteiger partial charge on any atom is -0.326 e. The first-order valence-corrected chi connectivity index (χ1v) is 5.94. The maximum Gasteiger partial charge on any atom is 0.123 e. The lowest BCUT2D eigenvalue weighted by atomic mass is 10.3. The van der Waals surface area contributed by atoms with Gasteiger partial charge in [-0.05, 0) is 25.6 Å². The van der Waals surface area contributed by atoms with Gasteiger partial charge in [0.15, 0.2) is 0 Å². The molecule has 86 valence electrons. The van der Waals surface area contributed by atoms with E-state index < -0.39 is 0 Å². The van der Waals surface area contributed by atoms with E-state index in [1.54, 1.807) is 0 Å². The van der Waals surface area contributed by atoms with Crippen LogP contribution in [-0.4, -0.2) is 16.6 Å². The molecule has 16 heavy (non-hydrogen) atoms. The molecule has 2 aromatic rings. The summed E-state index contributed by atoms with van der Waals surface area (Å²) in [5.41, 5.74) is 2.03. The standard InChI is InChI=1S/C12H16ClN3/c1-3-7-16-11(8-14-2)15-10-6-4-5-9(13)12(10)16/h4-6,14H,3,7-8H2,1-2H3. The monoisotopic (exact) mass is 237 g/mol. The molecule has 0 bridgehead atoms. The van der Waals surface area contributed by atoms with Crippen LogP contribution < -0.4 is 5.32 Å². The highest BCUT2D eigenvalue weighted by molar-refractivity contribution is 6.35. The molecule has 0 fully saturated rings. The van der Waals surface area contributed by atoms with Gasteiger partial charge in [-0.2, -0.15) is 0 Å². The Morgan fingerprint density at radius 1 is 1.44 bits per heavy atom. The highest BCUT2D eigenvalue weighted by atomic mass is 35.5. The van der Waals surface area contributed by atoms with Crippen molar-refractivity contribution in [3.63, 3.8) is 0 Å². The van der Waals surface area contributed by atoms with E-state index in [2.05, 4.69) is 21.8 Å². The van der Waals surface area contributed by atoms with E-state index in [1.165, 1.54) is 0 Å². The molecule has 1 heterocycles. The van der Waals surface area contributed by atoms with Crippen molar-refractivity contribution in [2.45, 2.75) is 26.4 Å². The van der Waals surface area contributed by atoms with E-state index in [0.29, 0.717) is 0 Å². The maximum absolute atomic E-state index is 6.23. The lowest BCUT2D eigenvalue weighted by Gasteiger charge is -2.07. The minimum absolute atomic E-state index is 0.769. The Morgan fingerprint density at radius 2 is 2.25 bits per heavy atom. The van der Waals surface area contributed by atoms with Gasteiger partial charge in [0.25, 0.3) is 0 Å². The SMILES string of the molecule is CCCn1c(CNC)nc2cccc(Cl)c21. The van der Waals surface area contributed by atoms with E-state index in [1.807, 2.05) is 25.2 Å². The largest absolute Gasteiger partial charge is 0.326 e. The van der Waals surface area contributed by atoms with Crippen molar-refractivity contribution < 1.29 is 0 Å². The molecule has 0 radical (unpaired) electrons. The Hall–Kier alpha value is -1.06. The molecule has 0 saturated carbocycles. The van der Waals surface area contributed by atoms with Gasteiger partial charge in [-0.1, -0.05) is 24.6 Å². The second kappa shape index (κ2) is 4.85. The van der Waals surface area contributed by atoms with E-state index in [-0.39, 0.29) is 0 Å². The Morgan fingerprint density at radius 3 is 2.94 bits per heavy atom. The summed E-state index contributed by atoms with van der Waals surface area (Å²) in [5.74, 6) is 1.05. The van der Waals surface area contributed by atoms with Crippen molar-refractivity contribution in [3.8, 4) is 0 Å². The summed E-state index contributed by atoms with van der Waals surface area (Å²) in [7, 11) is 1.93. The fraction of sp³-hybridized carbons (Fsp3) is 0.417. The van der Waals surface area contributed by atoms with Gasteiger partial charge in [-0.15, -0.1) is 0 Å². The van der Waals surface area contributed by atoms with Crippen molar-refractivity contribution in [3.05, 3.63) is 29.0 Å². The van der Waals surface area contributed by atoms with Gasteiger partial charge in [0.2, 0.25) is 0 Å². The summed E-state index contributed by atoms with van der Waals surface area (Å²) in [4.78, 5) is 4.60. The van der Waals surface area contributed by atoms with Gasteiger partial charge in [-0.25, -0.2) is 4.98 Å². The van der Waals surface area contributed by atoms with Crippen molar-refractivity contribution in [1.82, 2.24) is 14.9 Å². The average molecular weight is 238 g/mol. The molecule has 3 nitrogen and oxygen atoms in total. The van der Waals surface area contributed by atoms with E-state index in [0.717, 1.165) is 41.4 Å². The highest BCUT2D eigenvalue weighted by Crippen LogP contribution is 2.24. The first-order chi connectivity index (χ1) is 7.77. The summed E-state index contributed by atoms with van der Waals surface area (Å²) in [6, 6.07) is 5.87. The van der Waals surface area contributed by atoms with Crippen molar-refractivity contribution >= 4 is 22.6 Å². The lowest BCUT2D eigenvalue weighted by Crippen LogP contribution is -2.12. The van der Waals surface area contributed by atoms with Crippen molar-refractivity contribution in [1.29, 1.82) is 0 Å². The number of imidazole rings is 1. The summed E-state index contributed by atoms with van der Waals surface area (Å²) in [6.45, 7) is 3.88. The summed E-state index contributed by atoms with van der Waals surface area (Å²) >= 11 is 6.23. The number of halogens is 1. The first-order valence-electron chi connectivity index (χ1n) is 5.56. The number of nitrogens with one attached hydrogen (secondary N) is 1. The third-order valence-corrected chi connectivity index (χ3v) is 2.88. The van der Waals surface area contributed by atoms with E-state index in [9.17, 15) is 0 Å². The fourth-order valence-electron chi connectivity index (χ4n) is 1.95. The number of benzene rings is 1. The summed E-state index contributed by atoms with van der Waals surface area (Å²) < 4.78 is 2.20. The third-order valence-electron chi connectivity index (χ3n) is 2.58. The highest BCUT2D eigenvalue weighted by Gasteiger charge is 2.11. The predicted octanol–water partition coefficient (Wildman–Crippen LogP) is 2.82. The Kier molecular flexibility index (Phi) is 3.46. The third kappa shape index (κ3) is 1.93. The molecule has 1 N–H and O–H groups in total. The van der Waals surface area contributed by atoms with Gasteiger partial charge in [-0.3, -0.25) is 0 Å². The molecule has 0 aliphatic carbocycles. The number of aromatic nitrogens is 2. The normalized spacial score (nSPS) is 11.2. The first kappa shape index (κ1) is 11.4. The predicted molar refractivity (Wildman–Crippen MR) is 67.8 cm³/mol. The van der Waals surface area contributed by atoms with Gasteiger partial charge < -0.3 is 9.88 Å². The van der Waals surface area contributed by atoms with Crippen LogP contribution >= 0.6 is 11.6 Å². The Bertz CT molecular complexity index is 490. The molecule has 4 heteroatoms. The van der Waals surface area contributed by atoms with Crippen molar-refractivity contribution in [2.24, 2.45) is 0 Å². The molecule has 1 aromatic carbocycles. The Balaban J connectivity index is 2.62. The molecule has 0 saturated heterocycles. The maximum atomic E-state index is 6.23.